The number of imide groups is 1. The van der Waals surface area contributed by atoms with E-state index >= 15 is 0 Å². The molecule has 2 fully saturated rings. The summed E-state index contributed by atoms with van der Waals surface area (Å²) in [7, 11) is 1.55. The van der Waals surface area contributed by atoms with Crippen LogP contribution in [0.25, 0.3) is 0 Å². The number of thiophene rings is 1. The maximum atomic E-state index is 13.4. The Bertz CT molecular complexity index is 1050. The smallest absolute Gasteiger partial charge is 0.266 e. The minimum Gasteiger partial charge on any atom is -0.497 e. The summed E-state index contributed by atoms with van der Waals surface area (Å²) in [5.41, 5.74) is 1.31. The number of para-hydroxylation sites is 1. The largest absolute Gasteiger partial charge is 0.497 e. The topological polar surface area (TPSA) is 59.1 Å². The van der Waals surface area contributed by atoms with Gasteiger partial charge in [0, 0.05) is 10.9 Å². The second-order valence-electron chi connectivity index (χ2n) is 6.89. The lowest BCUT2D eigenvalue weighted by Gasteiger charge is -2.27. The highest BCUT2D eigenvalue weighted by Crippen LogP contribution is 2.48. The van der Waals surface area contributed by atoms with Crippen molar-refractivity contribution in [1.82, 2.24) is 0 Å². The molecule has 6 nitrogen and oxygen atoms in total. The van der Waals surface area contributed by atoms with Gasteiger partial charge < -0.3 is 4.74 Å². The third-order valence-electron chi connectivity index (χ3n) is 5.27. The van der Waals surface area contributed by atoms with Crippen molar-refractivity contribution >= 4 is 34.5 Å². The van der Waals surface area contributed by atoms with Crippen molar-refractivity contribution in [1.29, 1.82) is 0 Å². The molecule has 0 saturated carbocycles. The average molecular weight is 406 g/mol. The molecule has 2 aliphatic heterocycles. The summed E-state index contributed by atoms with van der Waals surface area (Å²) < 4.78 is 5.25. The molecule has 3 aromatic rings. The number of benzene rings is 2. The van der Waals surface area contributed by atoms with E-state index in [4.69, 9.17) is 9.57 Å². The summed E-state index contributed by atoms with van der Waals surface area (Å²) >= 11 is 1.55. The van der Waals surface area contributed by atoms with E-state index in [0.717, 1.165) is 10.6 Å². The molecule has 0 unspecified atom stereocenters. The second kappa shape index (κ2) is 7.02. The summed E-state index contributed by atoms with van der Waals surface area (Å²) in [6.07, 6.45) is -0.860. The van der Waals surface area contributed by atoms with Crippen molar-refractivity contribution in [2.45, 2.75) is 12.1 Å². The third-order valence-corrected chi connectivity index (χ3v) is 6.22. The number of carbonyl (C=O) groups excluding carboxylic acids is 2. The predicted octanol–water partition coefficient (Wildman–Crippen LogP) is 3.81. The second-order valence-corrected chi connectivity index (χ2v) is 7.87. The van der Waals surface area contributed by atoms with Gasteiger partial charge in [0.25, 0.3) is 5.91 Å². The first-order valence-corrected chi connectivity index (χ1v) is 10.1. The van der Waals surface area contributed by atoms with Gasteiger partial charge in [-0.15, -0.1) is 11.3 Å². The van der Waals surface area contributed by atoms with E-state index in [2.05, 4.69) is 0 Å². The van der Waals surface area contributed by atoms with Crippen molar-refractivity contribution in [2.24, 2.45) is 5.92 Å². The quantitative estimate of drug-likeness (QED) is 0.617. The maximum absolute atomic E-state index is 13.4. The Hall–Kier alpha value is -3.16. The lowest BCUT2D eigenvalue weighted by atomic mass is 9.95. The van der Waals surface area contributed by atoms with E-state index < -0.39 is 12.0 Å². The number of nitrogens with zero attached hydrogens (tertiary/aromatic N) is 2. The number of anilines is 2. The summed E-state index contributed by atoms with van der Waals surface area (Å²) in [6.45, 7) is 0. The molecule has 2 aliphatic rings. The standard InChI is InChI=1S/C22H18N2O4S/c1-27-16-10-5-9-15(13-16)23-21(25)18-19(17-11-6-12-29-17)24(28-20(18)22(23)26)14-7-3-2-4-8-14/h2-13,18-20H,1H3/t18-,19-,20-/m0/s1. The molecule has 2 saturated heterocycles. The molecule has 0 N–H and O–H groups in total. The Morgan fingerprint density at radius 1 is 0.931 bits per heavy atom. The van der Waals surface area contributed by atoms with Gasteiger partial charge in [-0.3, -0.25) is 14.4 Å². The number of carbonyl (C=O) groups is 2. The van der Waals surface area contributed by atoms with Crippen molar-refractivity contribution in [3.8, 4) is 5.75 Å². The third kappa shape index (κ3) is 2.82. The van der Waals surface area contributed by atoms with Crippen LogP contribution in [0.4, 0.5) is 11.4 Å². The highest BCUT2D eigenvalue weighted by Gasteiger charge is 2.60. The number of ether oxygens (including phenoxy) is 1. The van der Waals surface area contributed by atoms with Gasteiger partial charge in [0.1, 0.15) is 17.7 Å². The normalized spacial score (nSPS) is 23.6. The highest BCUT2D eigenvalue weighted by molar-refractivity contribution is 7.10. The molecule has 7 heteroatoms. The van der Waals surface area contributed by atoms with Crippen LogP contribution in [0.2, 0.25) is 0 Å². The van der Waals surface area contributed by atoms with Crippen LogP contribution >= 0.6 is 11.3 Å². The van der Waals surface area contributed by atoms with Crippen molar-refractivity contribution in [3.63, 3.8) is 0 Å². The van der Waals surface area contributed by atoms with Crippen LogP contribution in [0.1, 0.15) is 10.9 Å². The number of rotatable bonds is 4. The Kier molecular flexibility index (Phi) is 4.34. The Morgan fingerprint density at radius 3 is 2.45 bits per heavy atom. The average Bonchev–Trinajstić information content (AvgIpc) is 3.46. The molecule has 2 aromatic carbocycles. The van der Waals surface area contributed by atoms with Gasteiger partial charge in [0.2, 0.25) is 5.91 Å². The first kappa shape index (κ1) is 17.9. The molecule has 0 bridgehead atoms. The molecule has 5 rings (SSSR count). The van der Waals surface area contributed by atoms with E-state index in [0.29, 0.717) is 11.4 Å². The van der Waals surface area contributed by atoms with Crippen LogP contribution in [-0.2, 0) is 14.4 Å². The van der Waals surface area contributed by atoms with E-state index in [1.54, 1.807) is 47.8 Å². The van der Waals surface area contributed by atoms with Gasteiger partial charge in [0.15, 0.2) is 6.10 Å². The monoisotopic (exact) mass is 406 g/mol. The zero-order chi connectivity index (χ0) is 20.0. The molecule has 29 heavy (non-hydrogen) atoms. The zero-order valence-corrected chi connectivity index (χ0v) is 16.4. The number of fused-ring (bicyclic) bond motifs is 1. The summed E-state index contributed by atoms with van der Waals surface area (Å²) in [4.78, 5) is 34.9. The van der Waals surface area contributed by atoms with Crippen molar-refractivity contribution in [3.05, 3.63) is 77.0 Å². The van der Waals surface area contributed by atoms with Gasteiger partial charge >= 0.3 is 0 Å². The van der Waals surface area contributed by atoms with E-state index in [1.807, 2.05) is 47.8 Å². The SMILES string of the molecule is COc1cccc(N2C(=O)[C@@H]3[C@H](ON(c4ccccc4)[C@H]3c3cccs3)C2=O)c1. The maximum Gasteiger partial charge on any atom is 0.266 e. The molecular formula is C22H18N2O4S. The number of hydrogen-bond donors (Lipinski definition) is 0. The number of hydroxylamine groups is 1. The lowest BCUT2D eigenvalue weighted by molar-refractivity contribution is -0.126. The van der Waals surface area contributed by atoms with Crippen LogP contribution in [0, 0.1) is 5.92 Å². The first-order valence-electron chi connectivity index (χ1n) is 9.25. The van der Waals surface area contributed by atoms with Gasteiger partial charge in [-0.2, -0.15) is 0 Å². The molecule has 3 atom stereocenters. The van der Waals surface area contributed by atoms with Crippen molar-refractivity contribution < 1.29 is 19.2 Å². The molecule has 0 radical (unpaired) electrons. The highest BCUT2D eigenvalue weighted by atomic mass is 32.1. The minimum absolute atomic E-state index is 0.259. The van der Waals surface area contributed by atoms with E-state index in [-0.39, 0.29) is 17.9 Å². The van der Waals surface area contributed by atoms with E-state index in [9.17, 15) is 9.59 Å². The minimum atomic E-state index is -0.860. The fourth-order valence-electron chi connectivity index (χ4n) is 3.97. The summed E-state index contributed by atoms with van der Waals surface area (Å²) in [5.74, 6) is -0.646. The number of methoxy groups -OCH3 is 1. The summed E-state index contributed by atoms with van der Waals surface area (Å²) in [5, 5.41) is 3.67. The van der Waals surface area contributed by atoms with Crippen LogP contribution < -0.4 is 14.7 Å². The number of amides is 2. The van der Waals surface area contributed by atoms with Gasteiger partial charge in [-0.25, -0.2) is 9.96 Å². The van der Waals surface area contributed by atoms with Gasteiger partial charge in [0.05, 0.1) is 18.5 Å². The first-order chi connectivity index (χ1) is 14.2. The Labute approximate surface area is 171 Å². The Morgan fingerprint density at radius 2 is 1.72 bits per heavy atom. The molecular weight excluding hydrogens is 388 g/mol. The Balaban J connectivity index is 1.56. The fourth-order valence-corrected chi connectivity index (χ4v) is 4.82. The van der Waals surface area contributed by atoms with Crippen molar-refractivity contribution in [2.75, 3.05) is 17.1 Å². The van der Waals surface area contributed by atoms with Crippen LogP contribution in [0.5, 0.6) is 5.75 Å². The summed E-state index contributed by atoms with van der Waals surface area (Å²) in [6, 6.07) is 20.1. The zero-order valence-electron chi connectivity index (χ0n) is 15.6. The molecule has 0 spiro atoms. The van der Waals surface area contributed by atoms with Crippen LogP contribution in [0.15, 0.2) is 72.1 Å². The molecule has 3 heterocycles. The molecule has 146 valence electrons. The van der Waals surface area contributed by atoms with Crippen LogP contribution in [0.3, 0.4) is 0 Å². The van der Waals surface area contributed by atoms with Gasteiger partial charge in [-0.05, 0) is 35.7 Å². The predicted molar refractivity (Wildman–Crippen MR) is 110 cm³/mol. The molecule has 0 aliphatic carbocycles. The number of hydrogen-bond acceptors (Lipinski definition) is 6. The van der Waals surface area contributed by atoms with E-state index in [1.165, 1.54) is 4.90 Å². The fraction of sp³-hybridized carbons (Fsp3) is 0.182. The molecule has 2 amide bonds. The van der Waals surface area contributed by atoms with Gasteiger partial charge in [-0.1, -0.05) is 30.3 Å². The lowest BCUT2D eigenvalue weighted by Crippen LogP contribution is -2.37. The molecule has 1 aromatic heterocycles. The van der Waals surface area contributed by atoms with Crippen LogP contribution in [-0.4, -0.2) is 25.0 Å².